The Morgan fingerprint density at radius 3 is 2.95 bits per heavy atom. The van der Waals surface area contributed by atoms with Crippen LogP contribution in [-0.4, -0.2) is 31.0 Å². The van der Waals surface area contributed by atoms with Gasteiger partial charge in [0.25, 0.3) is 0 Å². The number of carboxylic acid groups (broad SMARTS) is 1. The van der Waals surface area contributed by atoms with Crippen molar-refractivity contribution in [3.8, 4) is 11.3 Å². The lowest BCUT2D eigenvalue weighted by molar-refractivity contribution is 0.0691. The number of nitrogens with zero attached hydrogens (tertiary/aromatic N) is 2. The number of hydrogen-bond acceptors (Lipinski definition) is 3. The van der Waals surface area contributed by atoms with Crippen LogP contribution in [0.4, 0.5) is 0 Å². The van der Waals surface area contributed by atoms with Gasteiger partial charge in [0, 0.05) is 23.3 Å². The SMILES string of the molecule is O=C(O)c1cc2nc(-c3cnc4[nH]ccc4c3)ccc2[nH]1. The van der Waals surface area contributed by atoms with Gasteiger partial charge in [0.1, 0.15) is 11.3 Å². The molecular formula is C15H10N4O2. The van der Waals surface area contributed by atoms with Crippen LogP contribution in [0.15, 0.2) is 42.7 Å². The second kappa shape index (κ2) is 4.17. The minimum atomic E-state index is -0.995. The van der Waals surface area contributed by atoms with Crippen molar-refractivity contribution < 1.29 is 9.90 Å². The Hall–Kier alpha value is -3.15. The van der Waals surface area contributed by atoms with Crippen LogP contribution in [0.25, 0.3) is 33.3 Å². The van der Waals surface area contributed by atoms with Gasteiger partial charge in [-0.3, -0.25) is 0 Å². The Morgan fingerprint density at radius 2 is 2.10 bits per heavy atom. The third kappa shape index (κ3) is 1.85. The van der Waals surface area contributed by atoms with Gasteiger partial charge in [0.15, 0.2) is 0 Å². The summed E-state index contributed by atoms with van der Waals surface area (Å²) in [5.41, 5.74) is 3.94. The van der Waals surface area contributed by atoms with E-state index >= 15 is 0 Å². The monoisotopic (exact) mass is 278 g/mol. The number of nitrogens with one attached hydrogen (secondary N) is 2. The van der Waals surface area contributed by atoms with Crippen molar-refractivity contribution in [1.29, 1.82) is 0 Å². The molecule has 3 N–H and O–H groups in total. The maximum atomic E-state index is 11.0. The van der Waals surface area contributed by atoms with E-state index in [1.54, 1.807) is 6.20 Å². The predicted octanol–water partition coefficient (Wildman–Crippen LogP) is 2.80. The molecule has 0 amide bonds. The molecule has 0 bridgehead atoms. The molecule has 0 atom stereocenters. The number of aromatic carboxylic acids is 1. The maximum absolute atomic E-state index is 11.0. The van der Waals surface area contributed by atoms with Gasteiger partial charge in [-0.2, -0.15) is 0 Å². The van der Waals surface area contributed by atoms with E-state index in [0.29, 0.717) is 11.0 Å². The van der Waals surface area contributed by atoms with Crippen molar-refractivity contribution in [2.75, 3.05) is 0 Å². The zero-order valence-electron chi connectivity index (χ0n) is 10.8. The Kier molecular flexibility index (Phi) is 2.32. The van der Waals surface area contributed by atoms with Gasteiger partial charge in [-0.25, -0.2) is 14.8 Å². The summed E-state index contributed by atoms with van der Waals surface area (Å²) in [6.07, 6.45) is 3.58. The summed E-state index contributed by atoms with van der Waals surface area (Å²) in [6.45, 7) is 0. The van der Waals surface area contributed by atoms with Gasteiger partial charge in [-0.05, 0) is 30.3 Å². The average Bonchev–Trinajstić information content (AvgIpc) is 3.12. The fourth-order valence-electron chi connectivity index (χ4n) is 2.36. The van der Waals surface area contributed by atoms with E-state index in [9.17, 15) is 4.79 Å². The van der Waals surface area contributed by atoms with Crippen molar-refractivity contribution in [2.24, 2.45) is 0 Å². The fourth-order valence-corrected chi connectivity index (χ4v) is 2.36. The number of aromatic amines is 2. The van der Waals surface area contributed by atoms with Gasteiger partial charge >= 0.3 is 5.97 Å². The standard InChI is InChI=1S/C15H10N4O2/c20-15(21)13-6-12-11(19-13)2-1-10(18-12)9-5-8-3-4-16-14(8)17-7-9/h1-7,19H,(H,16,17)(H,20,21). The summed E-state index contributed by atoms with van der Waals surface area (Å²) in [6, 6.07) is 9.15. The third-order valence-corrected chi connectivity index (χ3v) is 3.40. The molecule has 4 heterocycles. The predicted molar refractivity (Wildman–Crippen MR) is 78.1 cm³/mol. The van der Waals surface area contributed by atoms with E-state index in [2.05, 4.69) is 19.9 Å². The van der Waals surface area contributed by atoms with Crippen LogP contribution in [0.3, 0.4) is 0 Å². The molecule has 102 valence electrons. The quantitative estimate of drug-likeness (QED) is 0.525. The summed E-state index contributed by atoms with van der Waals surface area (Å²) in [5.74, 6) is -0.995. The summed E-state index contributed by atoms with van der Waals surface area (Å²) < 4.78 is 0. The normalized spacial score (nSPS) is 11.2. The van der Waals surface area contributed by atoms with Crippen molar-refractivity contribution in [1.82, 2.24) is 19.9 Å². The third-order valence-electron chi connectivity index (χ3n) is 3.40. The molecule has 0 aliphatic carbocycles. The summed E-state index contributed by atoms with van der Waals surface area (Å²) in [5, 5.41) is 10.0. The summed E-state index contributed by atoms with van der Waals surface area (Å²) in [7, 11) is 0. The molecule has 0 aliphatic heterocycles. The van der Waals surface area contributed by atoms with E-state index in [-0.39, 0.29) is 5.69 Å². The lowest BCUT2D eigenvalue weighted by Crippen LogP contribution is -1.94. The van der Waals surface area contributed by atoms with Gasteiger partial charge < -0.3 is 15.1 Å². The van der Waals surface area contributed by atoms with Gasteiger partial charge in [0.2, 0.25) is 0 Å². The maximum Gasteiger partial charge on any atom is 0.352 e. The molecule has 0 fully saturated rings. The van der Waals surface area contributed by atoms with Crippen molar-refractivity contribution in [2.45, 2.75) is 0 Å². The van der Waals surface area contributed by atoms with E-state index in [1.165, 1.54) is 6.07 Å². The number of aromatic nitrogens is 4. The molecule has 0 saturated carbocycles. The van der Waals surface area contributed by atoms with Crippen molar-refractivity contribution in [3.05, 3.63) is 48.4 Å². The first kappa shape index (κ1) is 11.7. The smallest absolute Gasteiger partial charge is 0.352 e. The number of H-pyrrole nitrogens is 2. The number of pyridine rings is 2. The second-order valence-corrected chi connectivity index (χ2v) is 4.76. The van der Waals surface area contributed by atoms with Crippen LogP contribution in [0.5, 0.6) is 0 Å². The molecule has 0 spiro atoms. The number of rotatable bonds is 2. The molecule has 0 aliphatic rings. The molecule has 4 aromatic rings. The van der Waals surface area contributed by atoms with Crippen LogP contribution in [0, 0.1) is 0 Å². The molecule has 4 rings (SSSR count). The van der Waals surface area contributed by atoms with Crippen molar-refractivity contribution in [3.63, 3.8) is 0 Å². The zero-order chi connectivity index (χ0) is 14.4. The average molecular weight is 278 g/mol. The first-order valence-corrected chi connectivity index (χ1v) is 6.37. The highest BCUT2D eigenvalue weighted by molar-refractivity contribution is 5.93. The number of carbonyl (C=O) groups is 1. The van der Waals surface area contributed by atoms with Crippen LogP contribution in [-0.2, 0) is 0 Å². The number of hydrogen-bond donors (Lipinski definition) is 3. The largest absolute Gasteiger partial charge is 0.477 e. The molecule has 0 saturated heterocycles. The molecule has 0 aromatic carbocycles. The first-order valence-electron chi connectivity index (χ1n) is 6.37. The Labute approximate surface area is 118 Å². The minimum Gasteiger partial charge on any atom is -0.477 e. The highest BCUT2D eigenvalue weighted by Gasteiger charge is 2.10. The van der Waals surface area contributed by atoms with Gasteiger partial charge in [-0.15, -0.1) is 0 Å². The number of carboxylic acids is 1. The van der Waals surface area contributed by atoms with Gasteiger partial charge in [-0.1, -0.05) is 0 Å². The molecule has 6 heteroatoms. The Balaban J connectivity index is 1.86. The van der Waals surface area contributed by atoms with Crippen LogP contribution in [0.1, 0.15) is 10.5 Å². The van der Waals surface area contributed by atoms with Crippen LogP contribution >= 0.6 is 0 Å². The molecular weight excluding hydrogens is 268 g/mol. The second-order valence-electron chi connectivity index (χ2n) is 4.76. The lowest BCUT2D eigenvalue weighted by Gasteiger charge is -2.01. The van der Waals surface area contributed by atoms with E-state index in [1.807, 2.05) is 30.5 Å². The molecule has 21 heavy (non-hydrogen) atoms. The highest BCUT2D eigenvalue weighted by Crippen LogP contribution is 2.23. The van der Waals surface area contributed by atoms with E-state index < -0.39 is 5.97 Å². The Morgan fingerprint density at radius 1 is 1.19 bits per heavy atom. The lowest BCUT2D eigenvalue weighted by atomic mass is 10.1. The molecule has 0 radical (unpaired) electrons. The van der Waals surface area contributed by atoms with Crippen LogP contribution in [0.2, 0.25) is 0 Å². The summed E-state index contributed by atoms with van der Waals surface area (Å²) in [4.78, 5) is 25.7. The topological polar surface area (TPSA) is 94.7 Å². The summed E-state index contributed by atoms with van der Waals surface area (Å²) >= 11 is 0. The van der Waals surface area contributed by atoms with E-state index in [4.69, 9.17) is 5.11 Å². The molecule has 0 unspecified atom stereocenters. The minimum absolute atomic E-state index is 0.133. The van der Waals surface area contributed by atoms with Crippen molar-refractivity contribution >= 4 is 28.0 Å². The first-order chi connectivity index (χ1) is 10.2. The molecule has 6 nitrogen and oxygen atoms in total. The fraction of sp³-hybridized carbons (Fsp3) is 0. The van der Waals surface area contributed by atoms with Gasteiger partial charge in [0.05, 0.1) is 16.7 Å². The molecule has 4 aromatic heterocycles. The van der Waals surface area contributed by atoms with E-state index in [0.717, 1.165) is 22.3 Å². The van der Waals surface area contributed by atoms with Crippen LogP contribution < -0.4 is 0 Å². The number of fused-ring (bicyclic) bond motifs is 2. The highest BCUT2D eigenvalue weighted by atomic mass is 16.4. The zero-order valence-corrected chi connectivity index (χ0v) is 10.8. The Bertz CT molecular complexity index is 984.